The largest absolute Gasteiger partial charge is 0.492 e. The molecule has 5 nitrogen and oxygen atoms in total. The minimum absolute atomic E-state index is 0.299. The second-order valence-electron chi connectivity index (χ2n) is 7.81. The summed E-state index contributed by atoms with van der Waals surface area (Å²) in [5.41, 5.74) is 3.87. The summed E-state index contributed by atoms with van der Waals surface area (Å²) < 4.78 is 11.9. The molecule has 0 unspecified atom stereocenters. The van der Waals surface area contributed by atoms with Gasteiger partial charge >= 0.3 is 0 Å². The van der Waals surface area contributed by atoms with Crippen LogP contribution in [0.3, 0.4) is 0 Å². The van der Waals surface area contributed by atoms with Crippen LogP contribution in [0.1, 0.15) is 30.5 Å². The average Bonchev–Trinajstić information content (AvgIpc) is 2.83. The molecule has 4 rings (SSSR count). The first-order valence-corrected chi connectivity index (χ1v) is 9.89. The first kappa shape index (κ1) is 18.4. The third-order valence-corrected chi connectivity index (χ3v) is 5.21. The molecule has 2 aliphatic rings. The van der Waals surface area contributed by atoms with Crippen molar-refractivity contribution >= 4 is 0 Å². The SMILES string of the molecule is C[C@@H]1CN(Cc2ccc3c(c2)CN(Cc2cccnc2)CCO3)C[C@H](C)O1. The van der Waals surface area contributed by atoms with Gasteiger partial charge in [-0.2, -0.15) is 0 Å². The third-order valence-electron chi connectivity index (χ3n) is 5.21. The lowest BCUT2D eigenvalue weighted by molar-refractivity contribution is -0.0704. The Morgan fingerprint density at radius 1 is 1.04 bits per heavy atom. The number of pyridine rings is 1. The summed E-state index contributed by atoms with van der Waals surface area (Å²) in [7, 11) is 0. The summed E-state index contributed by atoms with van der Waals surface area (Å²) in [5, 5.41) is 0. The zero-order valence-electron chi connectivity index (χ0n) is 16.3. The van der Waals surface area contributed by atoms with Gasteiger partial charge in [-0.3, -0.25) is 14.8 Å². The lowest BCUT2D eigenvalue weighted by Gasteiger charge is -2.35. The maximum Gasteiger partial charge on any atom is 0.123 e. The normalized spacial score (nSPS) is 24.1. The Labute approximate surface area is 161 Å². The number of hydrogen-bond acceptors (Lipinski definition) is 5. The van der Waals surface area contributed by atoms with Gasteiger partial charge in [0.15, 0.2) is 0 Å². The van der Waals surface area contributed by atoms with Crippen molar-refractivity contribution in [1.82, 2.24) is 14.8 Å². The summed E-state index contributed by atoms with van der Waals surface area (Å²) in [6.07, 6.45) is 4.37. The van der Waals surface area contributed by atoms with Gasteiger partial charge in [-0.25, -0.2) is 0 Å². The highest BCUT2D eigenvalue weighted by atomic mass is 16.5. The molecule has 27 heavy (non-hydrogen) atoms. The van der Waals surface area contributed by atoms with Crippen molar-refractivity contribution in [3.05, 3.63) is 59.4 Å². The van der Waals surface area contributed by atoms with Crippen LogP contribution in [-0.2, 0) is 24.4 Å². The van der Waals surface area contributed by atoms with Gasteiger partial charge < -0.3 is 9.47 Å². The van der Waals surface area contributed by atoms with E-state index in [1.165, 1.54) is 16.7 Å². The molecule has 144 valence electrons. The molecule has 0 spiro atoms. The van der Waals surface area contributed by atoms with Gasteiger partial charge in [0.1, 0.15) is 12.4 Å². The molecule has 2 aliphatic heterocycles. The molecule has 0 N–H and O–H groups in total. The number of nitrogens with zero attached hydrogens (tertiary/aromatic N) is 3. The molecule has 1 fully saturated rings. The van der Waals surface area contributed by atoms with E-state index in [0.29, 0.717) is 12.2 Å². The van der Waals surface area contributed by atoms with Crippen molar-refractivity contribution in [3.63, 3.8) is 0 Å². The zero-order chi connectivity index (χ0) is 18.6. The monoisotopic (exact) mass is 367 g/mol. The van der Waals surface area contributed by atoms with E-state index in [2.05, 4.69) is 52.9 Å². The molecule has 2 aromatic rings. The van der Waals surface area contributed by atoms with Crippen LogP contribution in [0.2, 0.25) is 0 Å². The van der Waals surface area contributed by atoms with Gasteiger partial charge in [-0.1, -0.05) is 12.1 Å². The topological polar surface area (TPSA) is 37.8 Å². The molecular weight excluding hydrogens is 338 g/mol. The number of aromatic nitrogens is 1. The minimum atomic E-state index is 0.299. The number of ether oxygens (including phenoxy) is 2. The molecule has 3 heterocycles. The smallest absolute Gasteiger partial charge is 0.123 e. The van der Waals surface area contributed by atoms with E-state index in [1.807, 2.05) is 18.5 Å². The summed E-state index contributed by atoms with van der Waals surface area (Å²) in [6, 6.07) is 10.8. The number of rotatable bonds is 4. The van der Waals surface area contributed by atoms with Crippen LogP contribution in [0.15, 0.2) is 42.7 Å². The summed E-state index contributed by atoms with van der Waals surface area (Å²) in [5.74, 6) is 1.02. The molecule has 5 heteroatoms. The van der Waals surface area contributed by atoms with Crippen LogP contribution in [0.5, 0.6) is 5.75 Å². The van der Waals surface area contributed by atoms with Gasteiger partial charge in [0.2, 0.25) is 0 Å². The van der Waals surface area contributed by atoms with E-state index in [-0.39, 0.29) is 0 Å². The van der Waals surface area contributed by atoms with Crippen LogP contribution in [0.4, 0.5) is 0 Å². The molecule has 0 bridgehead atoms. The molecular formula is C22H29N3O2. The Hall–Kier alpha value is -1.95. The standard InChI is InChI=1S/C22H29N3O2/c1-17-12-25(13-18(2)27-17)14-19-5-6-22-21(10-19)16-24(8-9-26-22)15-20-4-3-7-23-11-20/h3-7,10-11,17-18H,8-9,12-16H2,1-2H3/t17-,18+. The maximum absolute atomic E-state index is 6.00. The van der Waals surface area contributed by atoms with Crippen LogP contribution < -0.4 is 4.74 Å². The summed E-state index contributed by atoms with van der Waals surface area (Å²) >= 11 is 0. The fourth-order valence-corrected chi connectivity index (χ4v) is 4.16. The molecule has 0 amide bonds. The van der Waals surface area contributed by atoms with Crippen LogP contribution >= 0.6 is 0 Å². The van der Waals surface area contributed by atoms with Gasteiger partial charge in [-0.05, 0) is 43.2 Å². The Morgan fingerprint density at radius 3 is 2.63 bits per heavy atom. The average molecular weight is 367 g/mol. The molecule has 1 aromatic heterocycles. The molecule has 0 aliphatic carbocycles. The van der Waals surface area contributed by atoms with E-state index in [1.54, 1.807) is 0 Å². The second kappa shape index (κ2) is 8.38. The van der Waals surface area contributed by atoms with Crippen molar-refractivity contribution in [3.8, 4) is 5.75 Å². The lowest BCUT2D eigenvalue weighted by atomic mass is 10.1. The van der Waals surface area contributed by atoms with E-state index in [0.717, 1.165) is 51.6 Å². The molecule has 2 atom stereocenters. The molecule has 1 saturated heterocycles. The Bertz CT molecular complexity index is 742. The predicted molar refractivity (Wildman–Crippen MR) is 106 cm³/mol. The summed E-state index contributed by atoms with van der Waals surface area (Å²) in [4.78, 5) is 9.16. The van der Waals surface area contributed by atoms with Gasteiger partial charge in [0, 0.05) is 57.2 Å². The maximum atomic E-state index is 6.00. The fourth-order valence-electron chi connectivity index (χ4n) is 4.16. The fraction of sp³-hybridized carbons (Fsp3) is 0.500. The minimum Gasteiger partial charge on any atom is -0.492 e. The Kier molecular flexibility index (Phi) is 5.72. The molecule has 1 aromatic carbocycles. The quantitative estimate of drug-likeness (QED) is 0.830. The highest BCUT2D eigenvalue weighted by molar-refractivity contribution is 5.38. The van der Waals surface area contributed by atoms with E-state index >= 15 is 0 Å². The lowest BCUT2D eigenvalue weighted by Crippen LogP contribution is -2.44. The van der Waals surface area contributed by atoms with Crippen LogP contribution in [0, 0.1) is 0 Å². The zero-order valence-corrected chi connectivity index (χ0v) is 16.3. The second-order valence-corrected chi connectivity index (χ2v) is 7.81. The summed E-state index contributed by atoms with van der Waals surface area (Å²) in [6.45, 7) is 10.7. The molecule has 0 radical (unpaired) electrons. The van der Waals surface area contributed by atoms with Crippen LogP contribution in [-0.4, -0.2) is 53.2 Å². The number of benzene rings is 1. The van der Waals surface area contributed by atoms with Crippen molar-refractivity contribution in [1.29, 1.82) is 0 Å². The van der Waals surface area contributed by atoms with Crippen molar-refractivity contribution in [2.45, 2.75) is 45.7 Å². The van der Waals surface area contributed by atoms with Crippen molar-refractivity contribution in [2.24, 2.45) is 0 Å². The number of fused-ring (bicyclic) bond motifs is 1. The first-order valence-electron chi connectivity index (χ1n) is 9.89. The molecule has 0 saturated carbocycles. The van der Waals surface area contributed by atoms with Crippen LogP contribution in [0.25, 0.3) is 0 Å². The first-order chi connectivity index (χ1) is 13.2. The van der Waals surface area contributed by atoms with Crippen molar-refractivity contribution < 1.29 is 9.47 Å². The third kappa shape index (κ3) is 4.86. The van der Waals surface area contributed by atoms with Gasteiger partial charge in [-0.15, -0.1) is 0 Å². The number of hydrogen-bond donors (Lipinski definition) is 0. The van der Waals surface area contributed by atoms with Crippen molar-refractivity contribution in [2.75, 3.05) is 26.2 Å². The van der Waals surface area contributed by atoms with Gasteiger partial charge in [0.05, 0.1) is 12.2 Å². The Morgan fingerprint density at radius 2 is 1.85 bits per heavy atom. The highest BCUT2D eigenvalue weighted by Crippen LogP contribution is 2.26. The number of morpholine rings is 1. The highest BCUT2D eigenvalue weighted by Gasteiger charge is 2.23. The predicted octanol–water partition coefficient (Wildman–Crippen LogP) is 3.09. The van der Waals surface area contributed by atoms with E-state index in [9.17, 15) is 0 Å². The Balaban J connectivity index is 1.45. The van der Waals surface area contributed by atoms with Gasteiger partial charge in [0.25, 0.3) is 0 Å². The van der Waals surface area contributed by atoms with E-state index in [4.69, 9.17) is 9.47 Å². The van der Waals surface area contributed by atoms with E-state index < -0.39 is 0 Å².